The zero-order valence-electron chi connectivity index (χ0n) is 12.8. The first-order chi connectivity index (χ1) is 9.94. The van der Waals surface area contributed by atoms with E-state index < -0.39 is 11.5 Å². The molecule has 0 aromatic carbocycles. The van der Waals surface area contributed by atoms with Crippen molar-refractivity contribution in [2.75, 3.05) is 5.75 Å². The summed E-state index contributed by atoms with van der Waals surface area (Å²) in [4.78, 5) is 16.1. The molecule has 5 nitrogen and oxygen atoms in total. The predicted molar refractivity (Wildman–Crippen MR) is 86.0 cm³/mol. The number of nitrogens with zero attached hydrogens (tertiary/aromatic N) is 2. The van der Waals surface area contributed by atoms with E-state index >= 15 is 0 Å². The van der Waals surface area contributed by atoms with Crippen LogP contribution in [-0.2, 0) is 4.79 Å². The topological polar surface area (TPSA) is 75.1 Å². The van der Waals surface area contributed by atoms with Crippen LogP contribution < -0.4 is 5.32 Å². The number of carbonyl (C=O) groups is 1. The Bertz CT molecular complexity index is 492. The maximum Gasteiger partial charge on any atom is 0.324 e. The molecule has 2 atom stereocenters. The van der Waals surface area contributed by atoms with Crippen molar-refractivity contribution in [3.8, 4) is 0 Å². The maximum absolute atomic E-state index is 11.8. The van der Waals surface area contributed by atoms with E-state index in [1.165, 1.54) is 11.5 Å². The van der Waals surface area contributed by atoms with Gasteiger partial charge in [0.05, 0.1) is 0 Å². The summed E-state index contributed by atoms with van der Waals surface area (Å²) in [5, 5.41) is 13.0. The highest BCUT2D eigenvalue weighted by Gasteiger charge is 2.48. The van der Waals surface area contributed by atoms with Crippen LogP contribution in [0.4, 0.5) is 0 Å². The number of aryl methyl sites for hydroxylation is 1. The van der Waals surface area contributed by atoms with E-state index in [2.05, 4.69) is 14.7 Å². The molecule has 1 saturated carbocycles. The van der Waals surface area contributed by atoms with E-state index in [1.54, 1.807) is 11.8 Å². The van der Waals surface area contributed by atoms with Gasteiger partial charge >= 0.3 is 5.97 Å². The molecule has 1 aromatic rings. The molecule has 2 N–H and O–H groups in total. The molecule has 118 valence electrons. The highest BCUT2D eigenvalue weighted by Crippen LogP contribution is 2.40. The van der Waals surface area contributed by atoms with Crippen molar-refractivity contribution in [1.29, 1.82) is 0 Å². The maximum atomic E-state index is 11.8. The normalized spacial score (nSPS) is 25.6. The lowest BCUT2D eigenvalue weighted by atomic mass is 9.84. The van der Waals surface area contributed by atoms with Crippen LogP contribution in [0.3, 0.4) is 0 Å². The molecule has 7 heteroatoms. The van der Waals surface area contributed by atoms with Crippen LogP contribution in [0.15, 0.2) is 4.34 Å². The Morgan fingerprint density at radius 1 is 1.62 bits per heavy atom. The fourth-order valence-corrected chi connectivity index (χ4v) is 4.91. The van der Waals surface area contributed by atoms with Crippen molar-refractivity contribution < 1.29 is 9.90 Å². The third kappa shape index (κ3) is 3.96. The molecule has 2 unspecified atom stereocenters. The second kappa shape index (κ2) is 7.07. The lowest BCUT2D eigenvalue weighted by molar-refractivity contribution is -0.147. The number of hydrogen-bond donors (Lipinski definition) is 2. The van der Waals surface area contributed by atoms with Gasteiger partial charge in [-0.15, -0.1) is 0 Å². The summed E-state index contributed by atoms with van der Waals surface area (Å²) in [5.41, 5.74) is -0.744. The lowest BCUT2D eigenvalue weighted by Gasteiger charge is -2.34. The zero-order chi connectivity index (χ0) is 15.5. The van der Waals surface area contributed by atoms with Gasteiger partial charge in [0.25, 0.3) is 0 Å². The molecule has 1 aliphatic carbocycles. The molecule has 1 heterocycles. The highest BCUT2D eigenvalue weighted by molar-refractivity contribution is 8.00. The molecule has 0 radical (unpaired) electrons. The molecule has 0 aliphatic heterocycles. The summed E-state index contributed by atoms with van der Waals surface area (Å²) in [5.74, 6) is 1.20. The summed E-state index contributed by atoms with van der Waals surface area (Å²) >= 11 is 3.10. The van der Waals surface area contributed by atoms with Crippen molar-refractivity contribution in [2.24, 2.45) is 5.92 Å². The molecule has 0 spiro atoms. The lowest BCUT2D eigenvalue weighted by Crippen LogP contribution is -2.57. The van der Waals surface area contributed by atoms with Gasteiger partial charge in [0.15, 0.2) is 4.34 Å². The second-order valence-corrected chi connectivity index (χ2v) is 8.00. The Kier molecular flexibility index (Phi) is 5.62. The first kappa shape index (κ1) is 16.7. The van der Waals surface area contributed by atoms with Gasteiger partial charge in [0, 0.05) is 11.8 Å². The third-order valence-electron chi connectivity index (χ3n) is 3.95. The van der Waals surface area contributed by atoms with E-state index in [1.807, 2.05) is 20.8 Å². The third-order valence-corrected chi connectivity index (χ3v) is 5.91. The first-order valence-corrected chi connectivity index (χ1v) is 9.14. The number of carboxylic acid groups (broad SMARTS) is 1. The van der Waals surface area contributed by atoms with Gasteiger partial charge in [-0.3, -0.25) is 10.1 Å². The smallest absolute Gasteiger partial charge is 0.324 e. The number of carboxylic acids is 1. The number of aliphatic carboxylic acids is 1. The summed E-state index contributed by atoms with van der Waals surface area (Å²) in [6.07, 6.45) is 3.60. The van der Waals surface area contributed by atoms with Crippen LogP contribution in [0.2, 0.25) is 0 Å². The van der Waals surface area contributed by atoms with Gasteiger partial charge in [-0.25, -0.2) is 4.98 Å². The average Bonchev–Trinajstić information content (AvgIpc) is 2.97. The average molecular weight is 329 g/mol. The van der Waals surface area contributed by atoms with E-state index in [9.17, 15) is 9.90 Å². The van der Waals surface area contributed by atoms with E-state index in [0.717, 1.165) is 41.6 Å². The molecule has 1 aromatic heterocycles. The van der Waals surface area contributed by atoms with E-state index in [0.29, 0.717) is 0 Å². The second-order valence-electron chi connectivity index (χ2n) is 5.91. The van der Waals surface area contributed by atoms with Gasteiger partial charge in [0.1, 0.15) is 11.4 Å². The number of thioether (sulfide) groups is 1. The van der Waals surface area contributed by atoms with Crippen molar-refractivity contribution in [3.63, 3.8) is 0 Å². The van der Waals surface area contributed by atoms with Crippen LogP contribution in [-0.4, -0.2) is 37.8 Å². The largest absolute Gasteiger partial charge is 0.480 e. The Hall–Kier alpha value is -0.660. The molecule has 1 aliphatic rings. The monoisotopic (exact) mass is 329 g/mol. The summed E-state index contributed by atoms with van der Waals surface area (Å²) in [6, 6.07) is 0.181. The van der Waals surface area contributed by atoms with Gasteiger partial charge in [-0.05, 0) is 57.5 Å². The quantitative estimate of drug-likeness (QED) is 0.749. The number of nitrogens with one attached hydrogen (secondary N) is 1. The Balaban J connectivity index is 1.95. The fraction of sp³-hybridized carbons (Fsp3) is 0.786. The zero-order valence-corrected chi connectivity index (χ0v) is 14.4. The number of rotatable bonds is 7. The van der Waals surface area contributed by atoms with Crippen molar-refractivity contribution in [2.45, 2.75) is 62.4 Å². The molecular formula is C14H23N3O2S2. The van der Waals surface area contributed by atoms with Crippen LogP contribution >= 0.6 is 23.3 Å². The van der Waals surface area contributed by atoms with Gasteiger partial charge < -0.3 is 5.11 Å². The molecule has 0 saturated heterocycles. The minimum absolute atomic E-state index is 0.181. The minimum Gasteiger partial charge on any atom is -0.480 e. The van der Waals surface area contributed by atoms with Crippen molar-refractivity contribution >= 4 is 29.3 Å². The van der Waals surface area contributed by atoms with Crippen LogP contribution in [0.25, 0.3) is 0 Å². The molecule has 21 heavy (non-hydrogen) atoms. The van der Waals surface area contributed by atoms with Crippen LogP contribution in [0, 0.1) is 12.8 Å². The van der Waals surface area contributed by atoms with Gasteiger partial charge in [-0.1, -0.05) is 18.2 Å². The standard InChI is InChI=1S/C14H23N3O2S2/c1-9(2)16-14(12(18)19)7-4-5-11(14)6-8-20-13-15-10(3)17-21-13/h9,11,16H,4-8H2,1-3H3,(H,18,19). The van der Waals surface area contributed by atoms with E-state index in [4.69, 9.17) is 0 Å². The molecular weight excluding hydrogens is 306 g/mol. The highest BCUT2D eigenvalue weighted by atomic mass is 32.2. The van der Waals surface area contributed by atoms with Crippen LogP contribution in [0.5, 0.6) is 0 Å². The Morgan fingerprint density at radius 3 is 2.95 bits per heavy atom. The predicted octanol–water partition coefficient (Wildman–Crippen LogP) is 2.95. The van der Waals surface area contributed by atoms with Crippen molar-refractivity contribution in [1.82, 2.24) is 14.7 Å². The number of hydrogen-bond acceptors (Lipinski definition) is 6. The minimum atomic E-state index is -0.744. The summed E-state index contributed by atoms with van der Waals surface area (Å²) in [6.45, 7) is 5.91. The summed E-state index contributed by atoms with van der Waals surface area (Å²) < 4.78 is 5.14. The molecule has 1 fully saturated rings. The number of aromatic nitrogens is 2. The fourth-order valence-electron chi connectivity index (χ4n) is 3.14. The first-order valence-electron chi connectivity index (χ1n) is 7.38. The summed E-state index contributed by atoms with van der Waals surface area (Å²) in [7, 11) is 0. The van der Waals surface area contributed by atoms with Gasteiger partial charge in [-0.2, -0.15) is 4.37 Å². The van der Waals surface area contributed by atoms with E-state index in [-0.39, 0.29) is 12.0 Å². The van der Waals surface area contributed by atoms with Crippen molar-refractivity contribution in [3.05, 3.63) is 5.82 Å². The van der Waals surface area contributed by atoms with Crippen LogP contribution in [0.1, 0.15) is 45.4 Å². The molecule has 0 bridgehead atoms. The molecule has 0 amide bonds. The Morgan fingerprint density at radius 2 is 2.38 bits per heavy atom. The van der Waals surface area contributed by atoms with Gasteiger partial charge in [0.2, 0.25) is 0 Å². The molecule has 2 rings (SSSR count). The SMILES string of the molecule is Cc1nsc(SCCC2CCCC2(NC(C)C)C(=O)O)n1. The Labute approximate surface area is 134 Å².